The lowest BCUT2D eigenvalue weighted by molar-refractivity contribution is -0.0882. The minimum absolute atomic E-state index is 0.0616. The number of aliphatic hydroxyl groups is 2. The lowest BCUT2D eigenvalue weighted by atomic mass is 9.71. The predicted molar refractivity (Wildman–Crippen MR) is 118 cm³/mol. The molecule has 0 radical (unpaired) electrons. The Morgan fingerprint density at radius 3 is 2.71 bits per heavy atom. The zero-order valence-electron chi connectivity index (χ0n) is 16.8. The van der Waals surface area contributed by atoms with E-state index >= 15 is 0 Å². The predicted octanol–water partition coefficient (Wildman–Crippen LogP) is 4.23. The number of aliphatic hydroxyl groups excluding tert-OH is 1. The van der Waals surface area contributed by atoms with Crippen LogP contribution in [0.15, 0.2) is 67.0 Å². The SMILES string of the molecule is OCC1(O)CC(c2ncc3c(Cl)nc(-c4cccc(OCc5ccccc5)c4)cn23)C1. The van der Waals surface area contributed by atoms with Crippen LogP contribution in [0.25, 0.3) is 16.8 Å². The van der Waals surface area contributed by atoms with Gasteiger partial charge in [0, 0.05) is 17.7 Å². The first-order valence-electron chi connectivity index (χ1n) is 10.2. The van der Waals surface area contributed by atoms with Crippen molar-refractivity contribution in [2.24, 2.45) is 0 Å². The first kappa shape index (κ1) is 20.0. The molecule has 158 valence electrons. The van der Waals surface area contributed by atoms with Crippen molar-refractivity contribution in [3.63, 3.8) is 0 Å². The van der Waals surface area contributed by atoms with Gasteiger partial charge in [0.05, 0.1) is 24.1 Å². The number of ether oxygens (including phenoxy) is 1. The quantitative estimate of drug-likeness (QED) is 0.473. The molecule has 0 unspecified atom stereocenters. The van der Waals surface area contributed by atoms with E-state index in [1.54, 1.807) is 6.20 Å². The average molecular weight is 436 g/mol. The van der Waals surface area contributed by atoms with Gasteiger partial charge in [-0.2, -0.15) is 0 Å². The summed E-state index contributed by atoms with van der Waals surface area (Å²) in [6.45, 7) is 0.245. The molecular formula is C24H22ClN3O3. The molecule has 2 aromatic heterocycles. The zero-order chi connectivity index (χ0) is 21.4. The van der Waals surface area contributed by atoms with Gasteiger partial charge in [-0.1, -0.05) is 54.1 Å². The molecule has 0 aliphatic heterocycles. The van der Waals surface area contributed by atoms with Gasteiger partial charge in [-0.3, -0.25) is 4.40 Å². The number of imidazole rings is 1. The molecule has 2 heterocycles. The topological polar surface area (TPSA) is 79.9 Å². The standard InChI is InChI=1S/C24H22ClN3O3/c25-22-21-12-26-23(18-10-24(30,11-18)15-29)28(21)13-20(27-22)17-7-4-8-19(9-17)31-14-16-5-2-1-3-6-16/h1-9,12-13,18,29-30H,10-11,14-15H2. The Hall–Kier alpha value is -2.93. The van der Waals surface area contributed by atoms with Crippen LogP contribution in [0, 0.1) is 0 Å². The first-order valence-corrected chi connectivity index (χ1v) is 10.6. The fraction of sp³-hybridized carbons (Fsp3) is 0.250. The van der Waals surface area contributed by atoms with Gasteiger partial charge in [0.1, 0.15) is 23.7 Å². The Labute approximate surface area is 184 Å². The number of aromatic nitrogens is 3. The van der Waals surface area contributed by atoms with Gasteiger partial charge >= 0.3 is 0 Å². The van der Waals surface area contributed by atoms with Crippen LogP contribution in [0.2, 0.25) is 5.15 Å². The molecule has 2 N–H and O–H groups in total. The van der Waals surface area contributed by atoms with Crippen molar-refractivity contribution < 1.29 is 14.9 Å². The van der Waals surface area contributed by atoms with E-state index in [4.69, 9.17) is 16.3 Å². The molecule has 0 atom stereocenters. The zero-order valence-corrected chi connectivity index (χ0v) is 17.5. The monoisotopic (exact) mass is 435 g/mol. The van der Waals surface area contributed by atoms with Crippen molar-refractivity contribution in [2.45, 2.75) is 31.0 Å². The first-order chi connectivity index (χ1) is 15.0. The summed E-state index contributed by atoms with van der Waals surface area (Å²) in [5.74, 6) is 1.62. The Bertz CT molecular complexity index is 1220. The van der Waals surface area contributed by atoms with Gasteiger partial charge in [-0.15, -0.1) is 0 Å². The summed E-state index contributed by atoms with van der Waals surface area (Å²) in [6, 6.07) is 17.8. The maximum Gasteiger partial charge on any atom is 0.155 e. The maximum atomic E-state index is 10.2. The highest BCUT2D eigenvalue weighted by Gasteiger charge is 2.44. The van der Waals surface area contributed by atoms with E-state index in [2.05, 4.69) is 9.97 Å². The second-order valence-electron chi connectivity index (χ2n) is 8.08. The van der Waals surface area contributed by atoms with Crippen LogP contribution in [0.4, 0.5) is 0 Å². The molecule has 0 amide bonds. The van der Waals surface area contributed by atoms with Crippen molar-refractivity contribution in [1.82, 2.24) is 14.4 Å². The Balaban J connectivity index is 1.43. The third-order valence-corrected chi connectivity index (χ3v) is 6.08. The highest BCUT2D eigenvalue weighted by Crippen LogP contribution is 2.44. The van der Waals surface area contributed by atoms with Gasteiger partial charge in [0.25, 0.3) is 0 Å². The van der Waals surface area contributed by atoms with Crippen LogP contribution >= 0.6 is 11.6 Å². The molecule has 0 spiro atoms. The van der Waals surface area contributed by atoms with Crippen LogP contribution in [0.1, 0.15) is 30.1 Å². The molecule has 31 heavy (non-hydrogen) atoms. The molecule has 0 bridgehead atoms. The fourth-order valence-corrected chi connectivity index (χ4v) is 4.31. The van der Waals surface area contributed by atoms with Crippen LogP contribution in [-0.4, -0.2) is 36.8 Å². The van der Waals surface area contributed by atoms with E-state index in [0.29, 0.717) is 30.3 Å². The van der Waals surface area contributed by atoms with Gasteiger partial charge in [0.15, 0.2) is 5.15 Å². The summed E-state index contributed by atoms with van der Waals surface area (Å²) in [7, 11) is 0. The third-order valence-electron chi connectivity index (χ3n) is 5.80. The smallest absolute Gasteiger partial charge is 0.155 e. The number of hydrogen-bond acceptors (Lipinski definition) is 5. The van der Waals surface area contributed by atoms with Crippen molar-refractivity contribution >= 4 is 17.1 Å². The molecule has 5 rings (SSSR count). The Morgan fingerprint density at radius 1 is 1.13 bits per heavy atom. The minimum Gasteiger partial charge on any atom is -0.489 e. The van der Waals surface area contributed by atoms with Crippen molar-refractivity contribution in [1.29, 1.82) is 0 Å². The van der Waals surface area contributed by atoms with Crippen molar-refractivity contribution in [3.8, 4) is 17.0 Å². The maximum absolute atomic E-state index is 10.2. The molecular weight excluding hydrogens is 414 g/mol. The van der Waals surface area contributed by atoms with Gasteiger partial charge in [0.2, 0.25) is 0 Å². The number of nitrogens with zero attached hydrogens (tertiary/aromatic N) is 3. The highest BCUT2D eigenvalue weighted by atomic mass is 35.5. The molecule has 0 saturated heterocycles. The number of benzene rings is 2. The molecule has 7 heteroatoms. The van der Waals surface area contributed by atoms with Crippen LogP contribution in [0.3, 0.4) is 0 Å². The third kappa shape index (κ3) is 3.90. The summed E-state index contributed by atoms with van der Waals surface area (Å²) in [5, 5.41) is 19.9. The second-order valence-corrected chi connectivity index (χ2v) is 8.44. The average Bonchev–Trinajstić information content (AvgIpc) is 3.21. The van der Waals surface area contributed by atoms with Gasteiger partial charge in [-0.05, 0) is 30.5 Å². The van der Waals surface area contributed by atoms with Crippen LogP contribution in [-0.2, 0) is 6.61 Å². The second kappa shape index (κ2) is 7.96. The van der Waals surface area contributed by atoms with Crippen LogP contribution in [0.5, 0.6) is 5.75 Å². The summed E-state index contributed by atoms with van der Waals surface area (Å²) in [4.78, 5) is 9.07. The number of hydrogen-bond donors (Lipinski definition) is 2. The molecule has 6 nitrogen and oxygen atoms in total. The fourth-order valence-electron chi connectivity index (χ4n) is 4.07. The molecule has 1 aliphatic carbocycles. The lowest BCUT2D eigenvalue weighted by Gasteiger charge is -2.41. The molecule has 4 aromatic rings. The largest absolute Gasteiger partial charge is 0.489 e. The number of fused-ring (bicyclic) bond motifs is 1. The summed E-state index contributed by atoms with van der Waals surface area (Å²) in [5.41, 5.74) is 2.40. The van der Waals surface area contributed by atoms with E-state index in [9.17, 15) is 10.2 Å². The molecule has 1 aliphatic rings. The summed E-state index contributed by atoms with van der Waals surface area (Å²) >= 11 is 6.46. The van der Waals surface area contributed by atoms with Crippen LogP contribution < -0.4 is 4.74 Å². The van der Waals surface area contributed by atoms with E-state index < -0.39 is 5.60 Å². The Kier molecular flexibility index (Phi) is 5.14. The lowest BCUT2D eigenvalue weighted by Crippen LogP contribution is -2.46. The molecule has 1 saturated carbocycles. The van der Waals surface area contributed by atoms with Crippen molar-refractivity contribution in [2.75, 3.05) is 6.61 Å². The minimum atomic E-state index is -1.01. The van der Waals surface area contributed by atoms with E-state index in [1.807, 2.05) is 65.2 Å². The van der Waals surface area contributed by atoms with E-state index in [0.717, 1.165) is 28.2 Å². The normalized spacial score (nSPS) is 20.5. The van der Waals surface area contributed by atoms with Gasteiger partial charge < -0.3 is 14.9 Å². The number of halogens is 1. The molecule has 2 aromatic carbocycles. The Morgan fingerprint density at radius 2 is 1.94 bits per heavy atom. The number of rotatable bonds is 6. The van der Waals surface area contributed by atoms with Gasteiger partial charge in [-0.25, -0.2) is 9.97 Å². The summed E-state index contributed by atoms with van der Waals surface area (Å²) < 4.78 is 7.88. The van der Waals surface area contributed by atoms with E-state index in [1.165, 1.54) is 0 Å². The van der Waals surface area contributed by atoms with E-state index in [-0.39, 0.29) is 12.5 Å². The van der Waals surface area contributed by atoms with Crippen molar-refractivity contribution in [3.05, 3.63) is 83.5 Å². The highest BCUT2D eigenvalue weighted by molar-refractivity contribution is 6.32. The molecule has 1 fully saturated rings. The summed E-state index contributed by atoms with van der Waals surface area (Å²) in [6.07, 6.45) is 4.56.